The number of hydrogen-bond acceptors (Lipinski definition) is 2. The Morgan fingerprint density at radius 2 is 1.50 bits per heavy atom. The van der Waals surface area contributed by atoms with Gasteiger partial charge in [-0.15, -0.1) is 0 Å². The monoisotopic (exact) mass is 375 g/mol. The highest BCUT2D eigenvalue weighted by Crippen LogP contribution is 2.61. The lowest BCUT2D eigenvalue weighted by Crippen LogP contribution is -2.47. The molecule has 2 aromatic rings. The lowest BCUT2D eigenvalue weighted by atomic mass is 9.49. The number of hydrogen-bond donors (Lipinski definition) is 1. The molecule has 4 saturated carbocycles. The molecule has 1 N–H and O–H groups in total. The second-order valence-corrected chi connectivity index (χ2v) is 9.44. The standard InChI is InChI=1S/C25H29NO2/c27-24(16-25-13-19-10-20(14-25)12-21(11-19)15-25)26-22-6-8-23(9-7-22)28-17-18-4-2-1-3-5-18/h1-9,19-21H,10-17H2,(H,26,27). The predicted molar refractivity (Wildman–Crippen MR) is 111 cm³/mol. The molecule has 0 atom stereocenters. The van der Waals surface area contributed by atoms with E-state index in [1.807, 2.05) is 42.5 Å². The fourth-order valence-electron chi connectivity index (χ4n) is 6.43. The average molecular weight is 376 g/mol. The van der Waals surface area contributed by atoms with Crippen molar-refractivity contribution in [2.75, 3.05) is 5.32 Å². The maximum atomic E-state index is 12.8. The first-order valence-corrected chi connectivity index (χ1v) is 10.7. The molecule has 0 spiro atoms. The van der Waals surface area contributed by atoms with Crippen LogP contribution < -0.4 is 10.1 Å². The molecule has 0 unspecified atom stereocenters. The van der Waals surface area contributed by atoms with Crippen molar-refractivity contribution in [3.63, 3.8) is 0 Å². The molecule has 4 aliphatic carbocycles. The van der Waals surface area contributed by atoms with E-state index in [4.69, 9.17) is 4.74 Å². The number of nitrogens with one attached hydrogen (secondary N) is 1. The van der Waals surface area contributed by atoms with Gasteiger partial charge in [0.2, 0.25) is 5.91 Å². The summed E-state index contributed by atoms with van der Waals surface area (Å²) in [5, 5.41) is 3.12. The van der Waals surface area contributed by atoms with E-state index >= 15 is 0 Å². The first kappa shape index (κ1) is 17.8. The number of benzene rings is 2. The predicted octanol–water partition coefficient (Wildman–Crippen LogP) is 5.81. The third-order valence-electron chi connectivity index (χ3n) is 7.09. The van der Waals surface area contributed by atoms with E-state index in [2.05, 4.69) is 17.4 Å². The van der Waals surface area contributed by atoms with Gasteiger partial charge in [-0.1, -0.05) is 30.3 Å². The van der Waals surface area contributed by atoms with Crippen LogP contribution in [0.4, 0.5) is 5.69 Å². The molecule has 28 heavy (non-hydrogen) atoms. The van der Waals surface area contributed by atoms with Gasteiger partial charge in [0.1, 0.15) is 12.4 Å². The molecule has 0 aliphatic heterocycles. The summed E-state index contributed by atoms with van der Waals surface area (Å²) in [7, 11) is 0. The Balaban J connectivity index is 1.16. The summed E-state index contributed by atoms with van der Waals surface area (Å²) in [6.45, 7) is 0.554. The molecular formula is C25H29NO2. The van der Waals surface area contributed by atoms with Crippen LogP contribution >= 0.6 is 0 Å². The van der Waals surface area contributed by atoms with Crippen molar-refractivity contribution >= 4 is 11.6 Å². The molecule has 146 valence electrons. The van der Waals surface area contributed by atoms with Crippen LogP contribution in [0, 0.1) is 23.2 Å². The average Bonchev–Trinajstić information content (AvgIpc) is 2.67. The minimum Gasteiger partial charge on any atom is -0.489 e. The fraction of sp³-hybridized carbons (Fsp3) is 0.480. The van der Waals surface area contributed by atoms with Gasteiger partial charge in [-0.2, -0.15) is 0 Å². The Kier molecular flexibility index (Phi) is 4.62. The maximum absolute atomic E-state index is 12.8. The lowest BCUT2D eigenvalue weighted by Gasteiger charge is -2.56. The topological polar surface area (TPSA) is 38.3 Å². The van der Waals surface area contributed by atoms with E-state index in [0.29, 0.717) is 13.0 Å². The van der Waals surface area contributed by atoms with Crippen LogP contribution in [0.2, 0.25) is 0 Å². The smallest absolute Gasteiger partial charge is 0.224 e. The van der Waals surface area contributed by atoms with E-state index in [-0.39, 0.29) is 11.3 Å². The van der Waals surface area contributed by atoms with E-state index < -0.39 is 0 Å². The zero-order chi connectivity index (χ0) is 19.0. The largest absolute Gasteiger partial charge is 0.489 e. The second kappa shape index (κ2) is 7.27. The summed E-state index contributed by atoms with van der Waals surface area (Å²) in [6.07, 6.45) is 8.79. The van der Waals surface area contributed by atoms with Crippen LogP contribution in [-0.4, -0.2) is 5.91 Å². The first-order chi connectivity index (χ1) is 13.7. The van der Waals surface area contributed by atoms with Crippen LogP contribution in [0.15, 0.2) is 54.6 Å². The zero-order valence-corrected chi connectivity index (χ0v) is 16.4. The van der Waals surface area contributed by atoms with E-state index in [0.717, 1.165) is 34.8 Å². The van der Waals surface area contributed by atoms with Crippen molar-refractivity contribution in [1.82, 2.24) is 0 Å². The van der Waals surface area contributed by atoms with Gasteiger partial charge < -0.3 is 10.1 Å². The molecule has 0 radical (unpaired) electrons. The van der Waals surface area contributed by atoms with Crippen molar-refractivity contribution in [3.8, 4) is 5.75 Å². The van der Waals surface area contributed by atoms with Gasteiger partial charge in [0, 0.05) is 12.1 Å². The Bertz CT molecular complexity index is 792. The van der Waals surface area contributed by atoms with Gasteiger partial charge in [-0.3, -0.25) is 4.79 Å². The molecule has 6 rings (SSSR count). The molecule has 1 amide bonds. The fourth-order valence-corrected chi connectivity index (χ4v) is 6.43. The molecule has 0 aromatic heterocycles. The molecule has 2 aromatic carbocycles. The third kappa shape index (κ3) is 3.80. The quantitative estimate of drug-likeness (QED) is 0.692. The van der Waals surface area contributed by atoms with Gasteiger partial charge in [0.05, 0.1) is 0 Å². The maximum Gasteiger partial charge on any atom is 0.224 e. The minimum atomic E-state index is 0.180. The molecule has 0 heterocycles. The zero-order valence-electron chi connectivity index (χ0n) is 16.4. The number of anilines is 1. The van der Waals surface area contributed by atoms with Gasteiger partial charge in [-0.05, 0) is 91.5 Å². The van der Waals surface area contributed by atoms with Crippen molar-refractivity contribution < 1.29 is 9.53 Å². The summed E-state index contributed by atoms with van der Waals surface area (Å²) in [5.74, 6) is 3.67. The normalized spacial score (nSPS) is 30.2. The Morgan fingerprint density at radius 1 is 0.893 bits per heavy atom. The van der Waals surface area contributed by atoms with E-state index in [1.165, 1.54) is 38.5 Å². The molecule has 0 saturated heterocycles. The first-order valence-electron chi connectivity index (χ1n) is 10.7. The van der Waals surface area contributed by atoms with Gasteiger partial charge in [0.25, 0.3) is 0 Å². The van der Waals surface area contributed by atoms with Crippen LogP contribution in [-0.2, 0) is 11.4 Å². The summed E-state index contributed by atoms with van der Waals surface area (Å²) in [4.78, 5) is 12.8. The van der Waals surface area contributed by atoms with Crippen molar-refractivity contribution in [2.45, 2.75) is 51.6 Å². The second-order valence-electron chi connectivity index (χ2n) is 9.44. The highest BCUT2D eigenvalue weighted by Gasteiger charge is 2.51. The number of ether oxygens (including phenoxy) is 1. The number of amides is 1. The van der Waals surface area contributed by atoms with Crippen LogP contribution in [0.5, 0.6) is 5.75 Å². The van der Waals surface area contributed by atoms with Crippen LogP contribution in [0.1, 0.15) is 50.5 Å². The number of carbonyl (C=O) groups excluding carboxylic acids is 1. The molecule has 3 heteroatoms. The summed E-state index contributed by atoms with van der Waals surface area (Å²) in [5.41, 5.74) is 2.30. The summed E-state index contributed by atoms with van der Waals surface area (Å²) in [6, 6.07) is 17.9. The van der Waals surface area contributed by atoms with Gasteiger partial charge >= 0.3 is 0 Å². The van der Waals surface area contributed by atoms with Crippen LogP contribution in [0.3, 0.4) is 0 Å². The van der Waals surface area contributed by atoms with Gasteiger partial charge in [0.15, 0.2) is 0 Å². The van der Waals surface area contributed by atoms with Crippen LogP contribution in [0.25, 0.3) is 0 Å². The van der Waals surface area contributed by atoms with Gasteiger partial charge in [-0.25, -0.2) is 0 Å². The molecule has 4 fully saturated rings. The molecule has 4 aliphatic rings. The van der Waals surface area contributed by atoms with E-state index in [9.17, 15) is 4.79 Å². The Labute approximate surface area is 167 Å². The SMILES string of the molecule is O=C(CC12CC3CC(CC(C3)C1)C2)Nc1ccc(OCc2ccccc2)cc1. The lowest BCUT2D eigenvalue weighted by molar-refractivity contribution is -0.124. The summed E-state index contributed by atoms with van der Waals surface area (Å²) >= 11 is 0. The summed E-state index contributed by atoms with van der Waals surface area (Å²) < 4.78 is 5.83. The highest BCUT2D eigenvalue weighted by atomic mass is 16.5. The molecule has 4 bridgehead atoms. The van der Waals surface area contributed by atoms with E-state index in [1.54, 1.807) is 0 Å². The Morgan fingerprint density at radius 3 is 2.11 bits per heavy atom. The van der Waals surface area contributed by atoms with Crippen molar-refractivity contribution in [1.29, 1.82) is 0 Å². The highest BCUT2D eigenvalue weighted by molar-refractivity contribution is 5.91. The number of carbonyl (C=O) groups is 1. The third-order valence-corrected chi connectivity index (χ3v) is 7.09. The van der Waals surface area contributed by atoms with Crippen molar-refractivity contribution in [2.24, 2.45) is 23.2 Å². The Hall–Kier alpha value is -2.29. The molecule has 3 nitrogen and oxygen atoms in total. The molecular weight excluding hydrogens is 346 g/mol. The van der Waals surface area contributed by atoms with Crippen molar-refractivity contribution in [3.05, 3.63) is 60.2 Å². The number of rotatable bonds is 6. The minimum absolute atomic E-state index is 0.180.